The number of nitrogens with zero attached hydrogens (tertiary/aromatic N) is 2. The molecule has 2 heterocycles. The Hall–Kier alpha value is -1.09. The van der Waals surface area contributed by atoms with Crippen LogP contribution in [0.3, 0.4) is 0 Å². The van der Waals surface area contributed by atoms with Gasteiger partial charge in [0.2, 0.25) is 0 Å². The van der Waals surface area contributed by atoms with E-state index in [1.807, 2.05) is 0 Å². The molecule has 1 saturated heterocycles. The Morgan fingerprint density at radius 1 is 1.50 bits per heavy atom. The first-order valence-corrected chi connectivity index (χ1v) is 7.86. The van der Waals surface area contributed by atoms with Gasteiger partial charge in [0, 0.05) is 25.8 Å². The van der Waals surface area contributed by atoms with E-state index in [0.29, 0.717) is 17.9 Å². The zero-order chi connectivity index (χ0) is 14.6. The van der Waals surface area contributed by atoms with Crippen molar-refractivity contribution < 1.29 is 17.4 Å². The molecule has 1 atom stereocenters. The molecule has 5 nitrogen and oxygen atoms in total. The van der Waals surface area contributed by atoms with Crippen LogP contribution in [0.5, 0.6) is 0 Å². The SMILES string of the molecule is N=S(=O)(c1cnn(CC2CC3(CNC3)C2)c1)C(F)(F)F. The first-order chi connectivity index (χ1) is 9.22. The van der Waals surface area contributed by atoms with Crippen molar-refractivity contribution in [2.45, 2.75) is 29.8 Å². The molecule has 1 spiro atoms. The van der Waals surface area contributed by atoms with Crippen molar-refractivity contribution >= 4 is 9.73 Å². The summed E-state index contributed by atoms with van der Waals surface area (Å²) in [6.07, 6.45) is 4.07. The van der Waals surface area contributed by atoms with Crippen LogP contribution in [0, 0.1) is 16.1 Å². The van der Waals surface area contributed by atoms with Crippen molar-refractivity contribution in [3.05, 3.63) is 12.4 Å². The van der Waals surface area contributed by atoms with Crippen LogP contribution in [0.25, 0.3) is 0 Å². The minimum Gasteiger partial charge on any atom is -0.316 e. The molecule has 2 aliphatic rings. The molecule has 0 bridgehead atoms. The lowest BCUT2D eigenvalue weighted by atomic mass is 9.58. The van der Waals surface area contributed by atoms with Crippen LogP contribution >= 0.6 is 0 Å². The van der Waals surface area contributed by atoms with Crippen LogP contribution in [0.2, 0.25) is 0 Å². The number of alkyl halides is 3. The maximum Gasteiger partial charge on any atom is 0.483 e. The molecule has 3 rings (SSSR count). The third-order valence-corrected chi connectivity index (χ3v) is 5.68. The number of halogens is 3. The Labute approximate surface area is 114 Å². The van der Waals surface area contributed by atoms with Crippen LogP contribution in [0.1, 0.15) is 12.8 Å². The average Bonchev–Trinajstić information content (AvgIpc) is 2.67. The van der Waals surface area contributed by atoms with Crippen LogP contribution in [0.15, 0.2) is 17.3 Å². The molecule has 0 aromatic carbocycles. The lowest BCUT2D eigenvalue weighted by molar-refractivity contribution is -0.0406. The Bertz CT molecular complexity index is 610. The maximum atomic E-state index is 12.5. The number of rotatable bonds is 3. The van der Waals surface area contributed by atoms with Crippen molar-refractivity contribution in [1.82, 2.24) is 15.1 Å². The fourth-order valence-corrected chi connectivity index (χ4v) is 3.79. The van der Waals surface area contributed by atoms with E-state index in [4.69, 9.17) is 4.78 Å². The highest BCUT2D eigenvalue weighted by molar-refractivity contribution is 7.93. The monoisotopic (exact) mass is 308 g/mol. The first kappa shape index (κ1) is 13.9. The lowest BCUT2D eigenvalue weighted by Crippen LogP contribution is -2.60. The van der Waals surface area contributed by atoms with Gasteiger partial charge in [0.1, 0.15) is 0 Å². The minimum absolute atomic E-state index is 0.398. The Kier molecular flexibility index (Phi) is 2.91. The summed E-state index contributed by atoms with van der Waals surface area (Å²) in [5.41, 5.74) is -4.66. The maximum absolute atomic E-state index is 12.5. The van der Waals surface area contributed by atoms with Gasteiger partial charge >= 0.3 is 5.51 Å². The highest BCUT2D eigenvalue weighted by atomic mass is 32.2. The zero-order valence-corrected chi connectivity index (χ0v) is 11.4. The van der Waals surface area contributed by atoms with Crippen molar-refractivity contribution in [3.8, 4) is 0 Å². The molecule has 1 saturated carbocycles. The molecule has 1 aromatic rings. The average molecular weight is 308 g/mol. The summed E-state index contributed by atoms with van der Waals surface area (Å²) in [7, 11) is -4.79. The molecule has 1 unspecified atom stereocenters. The second-order valence-electron chi connectivity index (χ2n) is 5.78. The first-order valence-electron chi connectivity index (χ1n) is 6.30. The molecule has 2 fully saturated rings. The highest BCUT2D eigenvalue weighted by Gasteiger charge is 2.48. The minimum atomic E-state index is -5.06. The van der Waals surface area contributed by atoms with Crippen LogP contribution < -0.4 is 5.32 Å². The largest absolute Gasteiger partial charge is 0.483 e. The predicted molar refractivity (Wildman–Crippen MR) is 65.4 cm³/mol. The van der Waals surface area contributed by atoms with Gasteiger partial charge in [-0.1, -0.05) is 0 Å². The van der Waals surface area contributed by atoms with Crippen molar-refractivity contribution in [2.75, 3.05) is 13.1 Å². The van der Waals surface area contributed by atoms with Gasteiger partial charge in [-0.05, 0) is 24.2 Å². The summed E-state index contributed by atoms with van der Waals surface area (Å²) in [5.74, 6) is 0.400. The second-order valence-corrected chi connectivity index (χ2v) is 7.82. The Balaban J connectivity index is 1.66. The van der Waals surface area contributed by atoms with Crippen molar-refractivity contribution in [1.29, 1.82) is 4.78 Å². The van der Waals surface area contributed by atoms with Gasteiger partial charge in [-0.3, -0.25) is 4.68 Å². The molecule has 1 aromatic heterocycles. The molecule has 2 N–H and O–H groups in total. The molecule has 20 heavy (non-hydrogen) atoms. The third-order valence-electron chi connectivity index (χ3n) is 4.16. The van der Waals surface area contributed by atoms with E-state index in [0.717, 1.165) is 38.3 Å². The number of hydrogen-bond donors (Lipinski definition) is 2. The Morgan fingerprint density at radius 2 is 2.15 bits per heavy atom. The standard InChI is InChI=1S/C11H15F3N4OS/c12-11(13,14)20(15,19)9-3-17-18(5-9)4-8-1-10(2-8)6-16-7-10/h3,5,8,15-16H,1-2,4,6-7H2. The number of aromatic nitrogens is 2. The molecule has 112 valence electrons. The molecule has 1 aliphatic heterocycles. The van der Waals surface area contributed by atoms with E-state index in [9.17, 15) is 17.4 Å². The van der Waals surface area contributed by atoms with E-state index in [1.165, 1.54) is 4.68 Å². The van der Waals surface area contributed by atoms with Gasteiger partial charge in [0.15, 0.2) is 9.73 Å². The molecular weight excluding hydrogens is 293 g/mol. The van der Waals surface area contributed by atoms with Crippen molar-refractivity contribution in [2.24, 2.45) is 11.3 Å². The summed E-state index contributed by atoms with van der Waals surface area (Å²) < 4.78 is 57.4. The molecule has 0 radical (unpaired) electrons. The number of nitrogens with one attached hydrogen (secondary N) is 2. The van der Waals surface area contributed by atoms with E-state index in [2.05, 4.69) is 10.4 Å². The Morgan fingerprint density at radius 3 is 2.65 bits per heavy atom. The van der Waals surface area contributed by atoms with Gasteiger partial charge in [-0.25, -0.2) is 8.99 Å². The topological polar surface area (TPSA) is 70.8 Å². The fraction of sp³-hybridized carbons (Fsp3) is 0.727. The lowest BCUT2D eigenvalue weighted by Gasteiger charge is -2.54. The van der Waals surface area contributed by atoms with Gasteiger partial charge in [-0.15, -0.1) is 0 Å². The van der Waals surface area contributed by atoms with Crippen molar-refractivity contribution in [3.63, 3.8) is 0 Å². The van der Waals surface area contributed by atoms with E-state index in [1.54, 1.807) is 0 Å². The van der Waals surface area contributed by atoms with Gasteiger partial charge in [0.25, 0.3) is 0 Å². The van der Waals surface area contributed by atoms with Gasteiger partial charge in [0.05, 0.1) is 11.1 Å². The smallest absolute Gasteiger partial charge is 0.316 e. The van der Waals surface area contributed by atoms with E-state index < -0.39 is 20.1 Å². The summed E-state index contributed by atoms with van der Waals surface area (Å²) in [6, 6.07) is 0. The molecule has 1 aliphatic carbocycles. The summed E-state index contributed by atoms with van der Waals surface area (Å²) in [4.78, 5) is -0.565. The zero-order valence-electron chi connectivity index (χ0n) is 10.6. The highest BCUT2D eigenvalue weighted by Crippen LogP contribution is 2.48. The molecule has 9 heteroatoms. The second kappa shape index (κ2) is 4.20. The molecular formula is C11H15F3N4OS. The summed E-state index contributed by atoms with van der Waals surface area (Å²) in [6.45, 7) is 2.56. The predicted octanol–water partition coefficient (Wildman–Crippen LogP) is 1.81. The van der Waals surface area contributed by atoms with Crippen LogP contribution in [-0.2, 0) is 16.3 Å². The van der Waals surface area contributed by atoms with Gasteiger partial charge < -0.3 is 5.32 Å². The normalized spacial score (nSPS) is 24.9. The van der Waals surface area contributed by atoms with E-state index in [-0.39, 0.29) is 0 Å². The summed E-state index contributed by atoms with van der Waals surface area (Å²) in [5, 5.41) is 7.03. The van der Waals surface area contributed by atoms with E-state index >= 15 is 0 Å². The fourth-order valence-electron chi connectivity index (χ4n) is 3.05. The van der Waals surface area contributed by atoms with Crippen LogP contribution in [0.4, 0.5) is 13.2 Å². The molecule has 0 amide bonds. The third kappa shape index (κ3) is 2.12. The van der Waals surface area contributed by atoms with Gasteiger partial charge in [-0.2, -0.15) is 18.3 Å². The number of hydrogen-bond acceptors (Lipinski definition) is 4. The summed E-state index contributed by atoms with van der Waals surface area (Å²) >= 11 is 0. The van der Waals surface area contributed by atoms with Crippen LogP contribution in [-0.4, -0.2) is 32.6 Å². The quantitative estimate of drug-likeness (QED) is 0.894.